The topological polar surface area (TPSA) is 43.2 Å². The largest absolute Gasteiger partial charge is 0.357 e. The van der Waals surface area contributed by atoms with Crippen molar-refractivity contribution in [1.29, 1.82) is 0 Å². The standard InChI is InChI=1S/C9H17N5.ClH/c1-7-11-8(10-2)12-9-13(3)5-4-6-14(7)9;/h7H,4-6H2,1-3H3,(H,10,11);1H. The van der Waals surface area contributed by atoms with Gasteiger partial charge in [0.25, 0.3) is 0 Å². The first kappa shape index (κ1) is 12.1. The van der Waals surface area contributed by atoms with Crippen molar-refractivity contribution >= 4 is 24.3 Å². The Balaban J connectivity index is 0.00000112. The molecule has 0 spiro atoms. The fourth-order valence-corrected chi connectivity index (χ4v) is 1.89. The summed E-state index contributed by atoms with van der Waals surface area (Å²) in [6.07, 6.45) is 1.39. The molecule has 86 valence electrons. The third kappa shape index (κ3) is 2.17. The molecular formula is C9H18ClN5. The first-order chi connectivity index (χ1) is 6.72. The summed E-state index contributed by atoms with van der Waals surface area (Å²) < 4.78 is 0. The number of nitrogens with one attached hydrogen (secondary N) is 1. The molecule has 2 heterocycles. The number of rotatable bonds is 0. The maximum Gasteiger partial charge on any atom is 0.223 e. The summed E-state index contributed by atoms with van der Waals surface area (Å²) in [6, 6.07) is 0. The molecule has 2 aliphatic heterocycles. The Hall–Kier alpha value is -0.970. The maximum atomic E-state index is 4.46. The predicted molar refractivity (Wildman–Crippen MR) is 64.6 cm³/mol. The fraction of sp³-hybridized carbons (Fsp3) is 0.778. The molecular weight excluding hydrogens is 214 g/mol. The monoisotopic (exact) mass is 231 g/mol. The highest BCUT2D eigenvalue weighted by atomic mass is 35.5. The van der Waals surface area contributed by atoms with Crippen molar-refractivity contribution in [3.8, 4) is 0 Å². The van der Waals surface area contributed by atoms with Gasteiger partial charge < -0.3 is 15.1 Å². The van der Waals surface area contributed by atoms with Crippen LogP contribution in [0.2, 0.25) is 0 Å². The Labute approximate surface area is 96.7 Å². The van der Waals surface area contributed by atoms with Gasteiger partial charge in [-0.05, 0) is 13.3 Å². The lowest BCUT2D eigenvalue weighted by molar-refractivity contribution is 0.237. The normalized spacial score (nSPS) is 24.9. The number of halogens is 1. The van der Waals surface area contributed by atoms with Crippen molar-refractivity contribution in [2.75, 3.05) is 27.2 Å². The molecule has 1 unspecified atom stereocenters. The SMILES string of the molecule is CNC1=NC(C)N2CCCN(C)C2=N1.Cl. The van der Waals surface area contributed by atoms with Gasteiger partial charge in [0.15, 0.2) is 0 Å². The minimum atomic E-state index is 0. The molecule has 0 saturated carbocycles. The molecule has 15 heavy (non-hydrogen) atoms. The number of hydrogen-bond donors (Lipinski definition) is 1. The second-order valence-electron chi connectivity index (χ2n) is 3.71. The van der Waals surface area contributed by atoms with Crippen molar-refractivity contribution in [1.82, 2.24) is 15.1 Å². The van der Waals surface area contributed by atoms with Crippen LogP contribution in [0.4, 0.5) is 0 Å². The summed E-state index contributed by atoms with van der Waals surface area (Å²) in [6.45, 7) is 4.25. The fourth-order valence-electron chi connectivity index (χ4n) is 1.89. The molecule has 0 aromatic carbocycles. The van der Waals surface area contributed by atoms with Crippen LogP contribution >= 0.6 is 12.4 Å². The minimum absolute atomic E-state index is 0. The molecule has 1 atom stereocenters. The van der Waals surface area contributed by atoms with Gasteiger partial charge in [-0.2, -0.15) is 4.99 Å². The van der Waals surface area contributed by atoms with Crippen LogP contribution in [0, 0.1) is 0 Å². The molecule has 0 aromatic heterocycles. The van der Waals surface area contributed by atoms with E-state index in [4.69, 9.17) is 0 Å². The zero-order chi connectivity index (χ0) is 10.1. The molecule has 0 aromatic rings. The van der Waals surface area contributed by atoms with E-state index in [1.807, 2.05) is 7.05 Å². The van der Waals surface area contributed by atoms with Gasteiger partial charge in [-0.15, -0.1) is 12.4 Å². The third-order valence-electron chi connectivity index (χ3n) is 2.68. The third-order valence-corrected chi connectivity index (χ3v) is 2.68. The summed E-state index contributed by atoms with van der Waals surface area (Å²) in [4.78, 5) is 13.3. The van der Waals surface area contributed by atoms with Crippen molar-refractivity contribution in [2.24, 2.45) is 9.98 Å². The quantitative estimate of drug-likeness (QED) is 0.654. The van der Waals surface area contributed by atoms with E-state index in [1.165, 1.54) is 6.42 Å². The molecule has 0 aliphatic carbocycles. The van der Waals surface area contributed by atoms with E-state index in [9.17, 15) is 0 Å². The Morgan fingerprint density at radius 3 is 2.80 bits per heavy atom. The zero-order valence-electron chi connectivity index (χ0n) is 9.40. The zero-order valence-corrected chi connectivity index (χ0v) is 10.2. The number of aliphatic imine (C=N–C) groups is 2. The molecule has 0 amide bonds. The Morgan fingerprint density at radius 1 is 1.40 bits per heavy atom. The Bertz CT molecular complexity index is 288. The second-order valence-corrected chi connectivity index (χ2v) is 3.71. The number of guanidine groups is 2. The summed E-state index contributed by atoms with van der Waals surface area (Å²) in [5, 5.41) is 3.00. The number of fused-ring (bicyclic) bond motifs is 1. The minimum Gasteiger partial charge on any atom is -0.357 e. The molecule has 2 aliphatic rings. The van der Waals surface area contributed by atoms with Crippen LogP contribution in [0.3, 0.4) is 0 Å². The second kappa shape index (κ2) is 4.70. The molecule has 5 nitrogen and oxygen atoms in total. The van der Waals surface area contributed by atoms with Gasteiger partial charge in [-0.1, -0.05) is 0 Å². The highest BCUT2D eigenvalue weighted by Crippen LogP contribution is 2.15. The van der Waals surface area contributed by atoms with E-state index < -0.39 is 0 Å². The van der Waals surface area contributed by atoms with Crippen molar-refractivity contribution < 1.29 is 0 Å². The van der Waals surface area contributed by atoms with Crippen LogP contribution in [0.5, 0.6) is 0 Å². The molecule has 0 radical (unpaired) electrons. The maximum absolute atomic E-state index is 4.46. The van der Waals surface area contributed by atoms with Crippen LogP contribution in [0.15, 0.2) is 9.98 Å². The van der Waals surface area contributed by atoms with Crippen LogP contribution in [0.1, 0.15) is 13.3 Å². The van der Waals surface area contributed by atoms with Crippen LogP contribution in [-0.2, 0) is 0 Å². The molecule has 2 rings (SSSR count). The molecule has 1 saturated heterocycles. The first-order valence-electron chi connectivity index (χ1n) is 5.04. The summed E-state index contributed by atoms with van der Waals surface area (Å²) in [5.41, 5.74) is 0. The van der Waals surface area contributed by atoms with Gasteiger partial charge in [0, 0.05) is 27.2 Å². The molecule has 1 fully saturated rings. The van der Waals surface area contributed by atoms with Gasteiger partial charge in [-0.3, -0.25) is 0 Å². The van der Waals surface area contributed by atoms with Crippen molar-refractivity contribution in [3.63, 3.8) is 0 Å². The lowest BCUT2D eigenvalue weighted by atomic mass is 10.2. The van der Waals surface area contributed by atoms with Gasteiger partial charge in [0.1, 0.15) is 6.17 Å². The van der Waals surface area contributed by atoms with Crippen molar-refractivity contribution in [3.05, 3.63) is 0 Å². The highest BCUT2D eigenvalue weighted by molar-refractivity contribution is 5.96. The van der Waals surface area contributed by atoms with Gasteiger partial charge in [-0.25, -0.2) is 4.99 Å². The van der Waals surface area contributed by atoms with Crippen LogP contribution in [-0.4, -0.2) is 55.1 Å². The Kier molecular flexibility index (Phi) is 3.79. The summed E-state index contributed by atoms with van der Waals surface area (Å²) in [5.74, 6) is 1.78. The number of nitrogens with zero attached hydrogens (tertiary/aromatic N) is 4. The van der Waals surface area contributed by atoms with Crippen molar-refractivity contribution in [2.45, 2.75) is 19.5 Å². The Morgan fingerprint density at radius 2 is 2.13 bits per heavy atom. The van der Waals surface area contributed by atoms with E-state index in [0.717, 1.165) is 25.0 Å². The molecule has 1 N–H and O–H groups in total. The first-order valence-corrected chi connectivity index (χ1v) is 5.04. The van der Waals surface area contributed by atoms with Gasteiger partial charge in [0.05, 0.1) is 0 Å². The lowest BCUT2D eigenvalue weighted by Gasteiger charge is -2.41. The van der Waals surface area contributed by atoms with E-state index in [2.05, 4.69) is 39.1 Å². The summed E-state index contributed by atoms with van der Waals surface area (Å²) >= 11 is 0. The van der Waals surface area contributed by atoms with E-state index >= 15 is 0 Å². The van der Waals surface area contributed by atoms with Crippen LogP contribution < -0.4 is 5.32 Å². The van der Waals surface area contributed by atoms with Gasteiger partial charge in [0.2, 0.25) is 11.9 Å². The molecule has 6 heteroatoms. The lowest BCUT2D eigenvalue weighted by Crippen LogP contribution is -2.54. The van der Waals surface area contributed by atoms with E-state index in [1.54, 1.807) is 0 Å². The van der Waals surface area contributed by atoms with E-state index in [-0.39, 0.29) is 18.6 Å². The highest BCUT2D eigenvalue weighted by Gasteiger charge is 2.28. The van der Waals surface area contributed by atoms with E-state index in [0.29, 0.717) is 0 Å². The average molecular weight is 232 g/mol. The molecule has 0 bridgehead atoms. The summed E-state index contributed by atoms with van der Waals surface area (Å²) in [7, 11) is 3.93. The predicted octanol–water partition coefficient (Wildman–Crippen LogP) is 0.337. The van der Waals surface area contributed by atoms with Crippen LogP contribution in [0.25, 0.3) is 0 Å². The van der Waals surface area contributed by atoms with Gasteiger partial charge >= 0.3 is 0 Å². The average Bonchev–Trinajstić information content (AvgIpc) is 2.19. The smallest absolute Gasteiger partial charge is 0.223 e. The number of hydrogen-bond acceptors (Lipinski definition) is 5.